The second kappa shape index (κ2) is 8.07. The Morgan fingerprint density at radius 1 is 1.32 bits per heavy atom. The van der Waals surface area contributed by atoms with Crippen molar-refractivity contribution in [3.05, 3.63) is 29.8 Å². The average molecular weight is 273 g/mol. The largest absolute Gasteiger partial charge is 0.491 e. The van der Waals surface area contributed by atoms with Gasteiger partial charge in [-0.1, -0.05) is 13.3 Å². The van der Waals surface area contributed by atoms with E-state index in [0.717, 1.165) is 25.0 Å². The van der Waals surface area contributed by atoms with Gasteiger partial charge in [0.15, 0.2) is 11.6 Å². The third kappa shape index (κ3) is 5.98. The van der Waals surface area contributed by atoms with Gasteiger partial charge in [0.2, 0.25) is 0 Å². The summed E-state index contributed by atoms with van der Waals surface area (Å²) in [5.74, 6) is -1.66. The molecule has 0 aliphatic rings. The highest BCUT2D eigenvalue weighted by Crippen LogP contribution is 2.15. The minimum atomic E-state index is -0.957. The van der Waals surface area contributed by atoms with E-state index in [4.69, 9.17) is 4.74 Å². The smallest absolute Gasteiger partial charge is 0.162 e. The highest BCUT2D eigenvalue weighted by molar-refractivity contribution is 5.23. The minimum absolute atomic E-state index is 0.0386. The normalized spacial score (nSPS) is 14.2. The Hall–Kier alpha value is -1.20. The average Bonchev–Trinajstić information content (AvgIpc) is 2.38. The maximum absolute atomic E-state index is 12.9. The Labute approximate surface area is 112 Å². The zero-order valence-electron chi connectivity index (χ0n) is 11.3. The highest BCUT2D eigenvalue weighted by Gasteiger charge is 2.09. The summed E-state index contributed by atoms with van der Waals surface area (Å²) in [5.41, 5.74) is 0. The lowest BCUT2D eigenvalue weighted by atomic mass is 10.2. The van der Waals surface area contributed by atoms with Crippen molar-refractivity contribution in [2.75, 3.05) is 13.2 Å². The van der Waals surface area contributed by atoms with Crippen molar-refractivity contribution < 1.29 is 18.6 Å². The van der Waals surface area contributed by atoms with Gasteiger partial charge in [-0.2, -0.15) is 0 Å². The van der Waals surface area contributed by atoms with Gasteiger partial charge in [0.1, 0.15) is 18.5 Å². The first kappa shape index (κ1) is 15.9. The van der Waals surface area contributed by atoms with E-state index in [-0.39, 0.29) is 12.4 Å². The lowest BCUT2D eigenvalue weighted by molar-refractivity contribution is 0.103. The molecule has 0 amide bonds. The third-order valence-electron chi connectivity index (χ3n) is 2.76. The first-order chi connectivity index (χ1) is 9.02. The molecule has 2 unspecified atom stereocenters. The molecule has 1 rings (SSSR count). The van der Waals surface area contributed by atoms with Crippen LogP contribution in [0.1, 0.15) is 26.7 Å². The van der Waals surface area contributed by atoms with E-state index >= 15 is 0 Å². The zero-order valence-corrected chi connectivity index (χ0v) is 11.3. The predicted molar refractivity (Wildman–Crippen MR) is 70.2 cm³/mol. The molecule has 1 aromatic carbocycles. The molecule has 0 aliphatic carbocycles. The van der Waals surface area contributed by atoms with E-state index < -0.39 is 17.7 Å². The van der Waals surface area contributed by atoms with Crippen LogP contribution >= 0.6 is 0 Å². The van der Waals surface area contributed by atoms with Crippen LogP contribution in [0.2, 0.25) is 0 Å². The van der Waals surface area contributed by atoms with Crippen LogP contribution in [0, 0.1) is 11.6 Å². The first-order valence-corrected chi connectivity index (χ1v) is 6.52. The Bertz CT molecular complexity index is 388. The van der Waals surface area contributed by atoms with E-state index in [1.165, 1.54) is 6.07 Å². The number of hydrogen-bond acceptors (Lipinski definition) is 3. The molecule has 0 radical (unpaired) electrons. The lowest BCUT2D eigenvalue weighted by Gasteiger charge is -2.17. The molecule has 1 aromatic rings. The monoisotopic (exact) mass is 273 g/mol. The van der Waals surface area contributed by atoms with Gasteiger partial charge in [-0.3, -0.25) is 0 Å². The van der Waals surface area contributed by atoms with Crippen LogP contribution in [-0.4, -0.2) is 30.4 Å². The minimum Gasteiger partial charge on any atom is -0.491 e. The lowest BCUT2D eigenvalue weighted by Crippen LogP contribution is -2.36. The molecule has 5 heteroatoms. The van der Waals surface area contributed by atoms with Gasteiger partial charge < -0.3 is 15.2 Å². The van der Waals surface area contributed by atoms with Gasteiger partial charge in [-0.05, 0) is 25.5 Å². The van der Waals surface area contributed by atoms with Gasteiger partial charge in [-0.25, -0.2) is 8.78 Å². The SMILES string of the molecule is CCCC(C)NCC(O)COc1ccc(F)c(F)c1. The number of ether oxygens (including phenoxy) is 1. The van der Waals surface area contributed by atoms with Gasteiger partial charge in [-0.15, -0.1) is 0 Å². The summed E-state index contributed by atoms with van der Waals surface area (Å²) >= 11 is 0. The number of halogens is 2. The molecule has 0 heterocycles. The summed E-state index contributed by atoms with van der Waals surface area (Å²) < 4.78 is 30.8. The van der Waals surface area contributed by atoms with E-state index in [0.29, 0.717) is 12.6 Å². The molecule has 2 N–H and O–H groups in total. The van der Waals surface area contributed by atoms with Gasteiger partial charge in [0.05, 0.1) is 0 Å². The molecule has 0 aromatic heterocycles. The summed E-state index contributed by atoms with van der Waals surface area (Å²) in [6.07, 6.45) is 1.43. The van der Waals surface area contributed by atoms with Crippen molar-refractivity contribution >= 4 is 0 Å². The summed E-state index contributed by atoms with van der Waals surface area (Å²) in [6, 6.07) is 3.63. The zero-order chi connectivity index (χ0) is 14.3. The number of aliphatic hydroxyl groups excluding tert-OH is 1. The van der Waals surface area contributed by atoms with Gasteiger partial charge >= 0.3 is 0 Å². The number of benzene rings is 1. The highest BCUT2D eigenvalue weighted by atomic mass is 19.2. The van der Waals surface area contributed by atoms with E-state index in [1.807, 2.05) is 6.92 Å². The molecule has 0 saturated heterocycles. The maximum atomic E-state index is 12.9. The number of rotatable bonds is 8. The molecule has 19 heavy (non-hydrogen) atoms. The summed E-state index contributed by atoms with van der Waals surface area (Å²) in [5, 5.41) is 12.9. The quantitative estimate of drug-likeness (QED) is 0.764. The Morgan fingerprint density at radius 3 is 2.68 bits per heavy atom. The van der Waals surface area contributed by atoms with E-state index in [1.54, 1.807) is 0 Å². The van der Waals surface area contributed by atoms with E-state index in [2.05, 4.69) is 12.2 Å². The molecular formula is C14H21F2NO2. The third-order valence-corrected chi connectivity index (χ3v) is 2.76. The van der Waals surface area contributed by atoms with Crippen LogP contribution in [0.25, 0.3) is 0 Å². The second-order valence-electron chi connectivity index (χ2n) is 4.64. The molecule has 3 nitrogen and oxygen atoms in total. The van der Waals surface area contributed by atoms with Crippen LogP contribution in [0.3, 0.4) is 0 Å². The number of aliphatic hydroxyl groups is 1. The molecule has 0 spiro atoms. The van der Waals surface area contributed by atoms with Crippen molar-refractivity contribution in [3.8, 4) is 5.75 Å². The fourth-order valence-corrected chi connectivity index (χ4v) is 1.69. The first-order valence-electron chi connectivity index (χ1n) is 6.52. The Balaban J connectivity index is 2.29. The van der Waals surface area contributed by atoms with Crippen molar-refractivity contribution in [3.63, 3.8) is 0 Å². The van der Waals surface area contributed by atoms with Crippen LogP contribution in [0.4, 0.5) is 8.78 Å². The fraction of sp³-hybridized carbons (Fsp3) is 0.571. The van der Waals surface area contributed by atoms with Crippen molar-refractivity contribution in [2.24, 2.45) is 0 Å². The van der Waals surface area contributed by atoms with Crippen LogP contribution in [-0.2, 0) is 0 Å². The Morgan fingerprint density at radius 2 is 2.05 bits per heavy atom. The molecule has 0 bridgehead atoms. The van der Waals surface area contributed by atoms with E-state index in [9.17, 15) is 13.9 Å². The fourth-order valence-electron chi connectivity index (χ4n) is 1.69. The van der Waals surface area contributed by atoms with Gasteiger partial charge in [0, 0.05) is 18.7 Å². The molecular weight excluding hydrogens is 252 g/mol. The topological polar surface area (TPSA) is 41.5 Å². The molecule has 108 valence electrons. The summed E-state index contributed by atoms with van der Waals surface area (Å²) in [4.78, 5) is 0. The second-order valence-corrected chi connectivity index (χ2v) is 4.64. The standard InChI is InChI=1S/C14H21F2NO2/c1-3-4-10(2)17-8-11(18)9-19-12-5-6-13(15)14(16)7-12/h5-7,10-11,17-18H,3-4,8-9H2,1-2H3. The summed E-state index contributed by atoms with van der Waals surface area (Å²) in [7, 11) is 0. The van der Waals surface area contributed by atoms with Crippen molar-refractivity contribution in [1.82, 2.24) is 5.32 Å². The molecule has 0 saturated carbocycles. The summed E-state index contributed by atoms with van der Waals surface area (Å²) in [6.45, 7) is 4.59. The van der Waals surface area contributed by atoms with Crippen molar-refractivity contribution in [2.45, 2.75) is 38.8 Å². The number of nitrogens with one attached hydrogen (secondary N) is 1. The Kier molecular flexibility index (Phi) is 6.73. The molecule has 0 aliphatic heterocycles. The van der Waals surface area contributed by atoms with Crippen LogP contribution < -0.4 is 10.1 Å². The maximum Gasteiger partial charge on any atom is 0.162 e. The predicted octanol–water partition coefficient (Wildman–Crippen LogP) is 2.48. The van der Waals surface area contributed by atoms with Crippen LogP contribution in [0.5, 0.6) is 5.75 Å². The molecule has 2 atom stereocenters. The molecule has 0 fully saturated rings. The van der Waals surface area contributed by atoms with Crippen molar-refractivity contribution in [1.29, 1.82) is 0 Å². The number of hydrogen-bond donors (Lipinski definition) is 2. The van der Waals surface area contributed by atoms with Gasteiger partial charge in [0.25, 0.3) is 0 Å². The van der Waals surface area contributed by atoms with Crippen LogP contribution in [0.15, 0.2) is 18.2 Å².